The Bertz CT molecular complexity index is 625. The second kappa shape index (κ2) is 4.82. The first-order valence-corrected chi connectivity index (χ1v) is 6.72. The van der Waals surface area contributed by atoms with Gasteiger partial charge >= 0.3 is 0 Å². The lowest BCUT2D eigenvalue weighted by Gasteiger charge is -2.28. The van der Waals surface area contributed by atoms with Crippen molar-refractivity contribution in [2.24, 2.45) is 0 Å². The molecular formula is C16H18O4. The highest BCUT2D eigenvalue weighted by molar-refractivity contribution is 5.83. The molecule has 0 radical (unpaired) electrons. The number of rotatable bonds is 2. The summed E-state index contributed by atoms with van der Waals surface area (Å²) in [6.07, 6.45) is -2.75. The fourth-order valence-electron chi connectivity index (χ4n) is 2.79. The van der Waals surface area contributed by atoms with Crippen LogP contribution in [-0.2, 0) is 10.3 Å². The molecule has 0 spiro atoms. The second-order valence-electron chi connectivity index (χ2n) is 5.45. The molecular weight excluding hydrogens is 256 g/mol. The van der Waals surface area contributed by atoms with Gasteiger partial charge < -0.3 is 20.1 Å². The molecule has 2 aromatic rings. The lowest BCUT2D eigenvalue weighted by molar-refractivity contribution is -0.0720. The van der Waals surface area contributed by atoms with E-state index in [1.54, 1.807) is 13.0 Å². The highest BCUT2D eigenvalue weighted by atomic mass is 16.5. The van der Waals surface area contributed by atoms with E-state index >= 15 is 0 Å². The minimum atomic E-state index is -1.48. The molecule has 1 fully saturated rings. The van der Waals surface area contributed by atoms with Gasteiger partial charge in [-0.15, -0.1) is 0 Å². The Kier molecular flexibility index (Phi) is 3.26. The summed E-state index contributed by atoms with van der Waals surface area (Å²) < 4.78 is 5.36. The van der Waals surface area contributed by atoms with Crippen LogP contribution in [0.15, 0.2) is 42.5 Å². The number of hydrogen-bond acceptors (Lipinski definition) is 4. The maximum Gasteiger partial charge on any atom is 0.141 e. The van der Waals surface area contributed by atoms with Crippen molar-refractivity contribution in [2.75, 3.05) is 6.61 Å². The van der Waals surface area contributed by atoms with E-state index < -0.39 is 23.9 Å². The van der Waals surface area contributed by atoms with Crippen LogP contribution in [0, 0.1) is 0 Å². The highest BCUT2D eigenvalue weighted by Gasteiger charge is 2.50. The van der Waals surface area contributed by atoms with Gasteiger partial charge in [-0.2, -0.15) is 0 Å². The Morgan fingerprint density at radius 2 is 1.90 bits per heavy atom. The monoisotopic (exact) mass is 274 g/mol. The number of hydrogen-bond donors (Lipinski definition) is 3. The molecule has 4 atom stereocenters. The van der Waals surface area contributed by atoms with Crippen molar-refractivity contribution >= 4 is 10.8 Å². The predicted molar refractivity (Wildman–Crippen MR) is 75.3 cm³/mol. The SMILES string of the molecule is CC(O)[C@H]1OC[C@@](O)(c2ccc3ccccc3c2)[C@@H]1O. The van der Waals surface area contributed by atoms with E-state index in [0.717, 1.165) is 10.8 Å². The van der Waals surface area contributed by atoms with Crippen LogP contribution in [0.4, 0.5) is 0 Å². The van der Waals surface area contributed by atoms with Crippen LogP contribution in [-0.4, -0.2) is 40.2 Å². The summed E-state index contributed by atoms with van der Waals surface area (Å²) in [5.74, 6) is 0. The molecule has 1 aliphatic heterocycles. The van der Waals surface area contributed by atoms with E-state index in [-0.39, 0.29) is 6.61 Å². The molecule has 20 heavy (non-hydrogen) atoms. The molecule has 1 saturated heterocycles. The van der Waals surface area contributed by atoms with Crippen LogP contribution in [0.3, 0.4) is 0 Å². The summed E-state index contributed by atoms with van der Waals surface area (Å²) in [6.45, 7) is 1.52. The summed E-state index contributed by atoms with van der Waals surface area (Å²) in [4.78, 5) is 0. The van der Waals surface area contributed by atoms with Crippen molar-refractivity contribution in [2.45, 2.75) is 30.8 Å². The first-order chi connectivity index (χ1) is 9.52. The number of fused-ring (bicyclic) bond motifs is 1. The molecule has 4 nitrogen and oxygen atoms in total. The Morgan fingerprint density at radius 1 is 1.20 bits per heavy atom. The van der Waals surface area contributed by atoms with Crippen LogP contribution in [0.1, 0.15) is 12.5 Å². The zero-order valence-electron chi connectivity index (χ0n) is 11.2. The van der Waals surface area contributed by atoms with E-state index in [0.29, 0.717) is 5.56 Å². The van der Waals surface area contributed by atoms with Crippen molar-refractivity contribution in [3.05, 3.63) is 48.0 Å². The van der Waals surface area contributed by atoms with Crippen LogP contribution < -0.4 is 0 Å². The summed E-state index contributed by atoms with van der Waals surface area (Å²) in [6, 6.07) is 13.4. The van der Waals surface area contributed by atoms with Crippen molar-refractivity contribution in [1.82, 2.24) is 0 Å². The molecule has 1 aliphatic rings. The third kappa shape index (κ3) is 2.01. The fraction of sp³-hybridized carbons (Fsp3) is 0.375. The quantitative estimate of drug-likeness (QED) is 0.769. The molecule has 4 heteroatoms. The summed E-state index contributed by atoms with van der Waals surface area (Å²) >= 11 is 0. The highest BCUT2D eigenvalue weighted by Crippen LogP contribution is 2.36. The standard InChI is InChI=1S/C16H18O4/c1-10(17)14-15(18)16(19,9-20-14)13-7-6-11-4-2-3-5-12(11)8-13/h2-8,10,14-15,17-19H,9H2,1H3/t10?,14-,15-,16-/m1/s1. The van der Waals surface area contributed by atoms with Gasteiger partial charge in [-0.25, -0.2) is 0 Å². The Labute approximate surface area is 117 Å². The molecule has 3 rings (SSSR count). The van der Waals surface area contributed by atoms with Crippen molar-refractivity contribution in [1.29, 1.82) is 0 Å². The Morgan fingerprint density at radius 3 is 2.55 bits per heavy atom. The maximum atomic E-state index is 10.7. The minimum absolute atomic E-state index is 0.0257. The number of ether oxygens (including phenoxy) is 1. The van der Waals surface area contributed by atoms with Crippen molar-refractivity contribution < 1.29 is 20.1 Å². The van der Waals surface area contributed by atoms with Crippen molar-refractivity contribution in [3.63, 3.8) is 0 Å². The first-order valence-electron chi connectivity index (χ1n) is 6.72. The minimum Gasteiger partial charge on any atom is -0.391 e. The van der Waals surface area contributed by atoms with E-state index in [9.17, 15) is 15.3 Å². The maximum absolute atomic E-state index is 10.7. The topological polar surface area (TPSA) is 69.9 Å². The van der Waals surface area contributed by atoms with E-state index in [4.69, 9.17) is 4.74 Å². The van der Waals surface area contributed by atoms with Gasteiger partial charge in [0.25, 0.3) is 0 Å². The normalized spacial score (nSPS) is 31.6. The van der Waals surface area contributed by atoms with Crippen LogP contribution in [0.5, 0.6) is 0 Å². The van der Waals surface area contributed by atoms with E-state index in [1.807, 2.05) is 36.4 Å². The average Bonchev–Trinajstić information content (AvgIpc) is 2.76. The van der Waals surface area contributed by atoms with Gasteiger partial charge in [0.2, 0.25) is 0 Å². The third-order valence-corrected chi connectivity index (χ3v) is 4.02. The molecule has 0 aliphatic carbocycles. The molecule has 1 unspecified atom stereocenters. The first kappa shape index (κ1) is 13.5. The van der Waals surface area contributed by atoms with Gasteiger partial charge in [0.05, 0.1) is 12.7 Å². The number of aliphatic hydroxyl groups is 3. The summed E-state index contributed by atoms with van der Waals surface area (Å²) in [5, 5.41) is 32.6. The zero-order chi connectivity index (χ0) is 14.3. The number of benzene rings is 2. The van der Waals surface area contributed by atoms with E-state index in [1.165, 1.54) is 0 Å². The van der Waals surface area contributed by atoms with Gasteiger partial charge in [0.15, 0.2) is 0 Å². The zero-order valence-corrected chi connectivity index (χ0v) is 11.2. The molecule has 0 bridgehead atoms. The van der Waals surface area contributed by atoms with Gasteiger partial charge in [-0.05, 0) is 29.3 Å². The Hall–Kier alpha value is -1.46. The third-order valence-electron chi connectivity index (χ3n) is 4.02. The van der Waals surface area contributed by atoms with Crippen LogP contribution in [0.2, 0.25) is 0 Å². The molecule has 0 saturated carbocycles. The average molecular weight is 274 g/mol. The lowest BCUT2D eigenvalue weighted by atomic mass is 9.86. The molecule has 3 N–H and O–H groups in total. The Balaban J connectivity index is 2.01. The largest absolute Gasteiger partial charge is 0.391 e. The molecule has 2 aromatic carbocycles. The van der Waals surface area contributed by atoms with Crippen LogP contribution >= 0.6 is 0 Å². The van der Waals surface area contributed by atoms with Crippen LogP contribution in [0.25, 0.3) is 10.8 Å². The molecule has 0 amide bonds. The fourth-order valence-corrected chi connectivity index (χ4v) is 2.79. The van der Waals surface area contributed by atoms with Gasteiger partial charge in [0.1, 0.15) is 17.8 Å². The smallest absolute Gasteiger partial charge is 0.141 e. The summed E-state index contributed by atoms with van der Waals surface area (Å²) in [7, 11) is 0. The molecule has 1 heterocycles. The number of aliphatic hydroxyl groups excluding tert-OH is 2. The molecule has 0 aromatic heterocycles. The molecule has 106 valence electrons. The van der Waals surface area contributed by atoms with Crippen molar-refractivity contribution in [3.8, 4) is 0 Å². The lowest BCUT2D eigenvalue weighted by Crippen LogP contribution is -2.44. The van der Waals surface area contributed by atoms with Gasteiger partial charge in [-0.1, -0.05) is 36.4 Å². The van der Waals surface area contributed by atoms with E-state index in [2.05, 4.69) is 0 Å². The predicted octanol–water partition coefficient (Wildman–Crippen LogP) is 1.17. The second-order valence-corrected chi connectivity index (χ2v) is 5.45. The van der Waals surface area contributed by atoms with Gasteiger partial charge in [-0.3, -0.25) is 0 Å². The summed E-state index contributed by atoms with van der Waals surface area (Å²) in [5.41, 5.74) is -0.877. The van der Waals surface area contributed by atoms with Gasteiger partial charge in [0, 0.05) is 0 Å².